The first kappa shape index (κ1) is 16.3. The molecule has 0 spiro atoms. The summed E-state index contributed by atoms with van der Waals surface area (Å²) in [4.78, 5) is 0. The van der Waals surface area contributed by atoms with Crippen molar-refractivity contribution in [1.82, 2.24) is 27.5 Å². The Hall–Kier alpha value is 0.319. The minimum atomic E-state index is 0. The molecule has 1 rings (SSSR count). The maximum atomic E-state index is 3.09. The van der Waals surface area contributed by atoms with Gasteiger partial charge in [0.25, 0.3) is 0 Å². The van der Waals surface area contributed by atoms with Crippen molar-refractivity contribution in [3.05, 3.63) is 0 Å². The fourth-order valence-electron chi connectivity index (χ4n) is 1.73. The van der Waals surface area contributed by atoms with Gasteiger partial charge < -0.3 is 0 Å². The summed E-state index contributed by atoms with van der Waals surface area (Å²) in [6.45, 7) is 2.02. The molecule has 95 valence electrons. The van der Waals surface area contributed by atoms with Crippen LogP contribution in [-0.4, -0.2) is 13.1 Å². The molecule has 1 aliphatic heterocycles. The molecule has 0 bridgehead atoms. The van der Waals surface area contributed by atoms with Gasteiger partial charge >= 0.3 is 17.1 Å². The maximum absolute atomic E-state index is 3.09. The first-order chi connectivity index (χ1) is 7.50. The second-order valence-electron chi connectivity index (χ2n) is 4.06. The third-order valence-corrected chi connectivity index (χ3v) is 2.66. The zero-order valence-electron chi connectivity index (χ0n) is 9.92. The van der Waals surface area contributed by atoms with Gasteiger partial charge in [-0.3, -0.25) is 0 Å². The standard InChI is InChI=1S/C10H25N5.Fe/c1-2-4-6-8-10-12-14-15-13-11-9-7-5-3-1;/h11-15H,1-10H2;/q;+3. The molecule has 0 unspecified atom stereocenters. The van der Waals surface area contributed by atoms with E-state index in [1.54, 1.807) is 0 Å². The van der Waals surface area contributed by atoms with E-state index in [1.165, 1.54) is 51.4 Å². The Kier molecular flexibility index (Phi) is 13.7. The second kappa shape index (κ2) is 13.4. The average molecular weight is 271 g/mol. The monoisotopic (exact) mass is 271 g/mol. The summed E-state index contributed by atoms with van der Waals surface area (Å²) >= 11 is 0. The molecule has 5 N–H and O–H groups in total. The average Bonchev–Trinajstić information content (AvgIpc) is 2.27. The zero-order valence-corrected chi connectivity index (χ0v) is 11.0. The van der Waals surface area contributed by atoms with Crippen molar-refractivity contribution in [3.8, 4) is 0 Å². The van der Waals surface area contributed by atoms with E-state index in [9.17, 15) is 0 Å². The molecule has 0 aromatic heterocycles. The van der Waals surface area contributed by atoms with Gasteiger partial charge in [0.15, 0.2) is 0 Å². The van der Waals surface area contributed by atoms with Crippen molar-refractivity contribution < 1.29 is 17.1 Å². The van der Waals surface area contributed by atoms with Gasteiger partial charge in [0.1, 0.15) is 0 Å². The summed E-state index contributed by atoms with van der Waals surface area (Å²) in [5.41, 5.74) is 14.8. The van der Waals surface area contributed by atoms with E-state index in [1.807, 2.05) is 0 Å². The van der Waals surface area contributed by atoms with Crippen molar-refractivity contribution in [1.29, 1.82) is 0 Å². The molecule has 0 amide bonds. The van der Waals surface area contributed by atoms with Crippen LogP contribution in [0.25, 0.3) is 0 Å². The second-order valence-corrected chi connectivity index (χ2v) is 4.06. The molecule has 0 saturated carbocycles. The van der Waals surface area contributed by atoms with Crippen LogP contribution in [0.1, 0.15) is 51.4 Å². The summed E-state index contributed by atoms with van der Waals surface area (Å²) in [6.07, 6.45) is 10.7. The third kappa shape index (κ3) is 10.8. The Bertz CT molecular complexity index is 77.8. The number of hydrogen-bond acceptors (Lipinski definition) is 5. The predicted molar refractivity (Wildman–Crippen MR) is 62.3 cm³/mol. The largest absolute Gasteiger partial charge is 3.00 e. The third-order valence-electron chi connectivity index (χ3n) is 2.66. The van der Waals surface area contributed by atoms with Crippen LogP contribution in [0.3, 0.4) is 0 Å². The van der Waals surface area contributed by atoms with E-state index in [2.05, 4.69) is 27.5 Å². The number of rotatable bonds is 0. The van der Waals surface area contributed by atoms with Crippen molar-refractivity contribution in [2.24, 2.45) is 0 Å². The molecule has 0 aliphatic carbocycles. The first-order valence-corrected chi connectivity index (χ1v) is 6.21. The Labute approximate surface area is 109 Å². The van der Waals surface area contributed by atoms with Crippen LogP contribution in [0, 0.1) is 0 Å². The molecule has 1 saturated heterocycles. The van der Waals surface area contributed by atoms with Gasteiger partial charge in [0.2, 0.25) is 0 Å². The van der Waals surface area contributed by atoms with Crippen LogP contribution in [0.15, 0.2) is 0 Å². The van der Waals surface area contributed by atoms with Crippen molar-refractivity contribution >= 4 is 0 Å². The molecule has 1 fully saturated rings. The SMILES string of the molecule is C1CCCCCNNNNNCCCC1.[Fe+3]. The van der Waals surface area contributed by atoms with E-state index in [0.717, 1.165) is 13.1 Å². The molecule has 1 radical (unpaired) electrons. The van der Waals surface area contributed by atoms with Gasteiger partial charge in [0, 0.05) is 13.1 Å². The number of hydrogen-bond donors (Lipinski definition) is 5. The summed E-state index contributed by atoms with van der Waals surface area (Å²) in [5, 5.41) is 0. The number of hydrazine groups is 4. The minimum absolute atomic E-state index is 0. The molecule has 0 aromatic rings. The van der Waals surface area contributed by atoms with Gasteiger partial charge in [-0.25, -0.2) is 10.9 Å². The summed E-state index contributed by atoms with van der Waals surface area (Å²) in [7, 11) is 0. The Morgan fingerprint density at radius 1 is 0.438 bits per heavy atom. The topological polar surface area (TPSA) is 60.1 Å². The molecule has 6 heteroatoms. The van der Waals surface area contributed by atoms with Crippen LogP contribution in [0.2, 0.25) is 0 Å². The van der Waals surface area contributed by atoms with Crippen LogP contribution in [0.4, 0.5) is 0 Å². The van der Waals surface area contributed by atoms with Crippen LogP contribution < -0.4 is 27.5 Å². The van der Waals surface area contributed by atoms with E-state index in [-0.39, 0.29) is 17.1 Å². The van der Waals surface area contributed by atoms with Gasteiger partial charge in [-0.1, -0.05) is 38.5 Å². The molecule has 0 aromatic carbocycles. The summed E-state index contributed by atoms with van der Waals surface area (Å²) in [6, 6.07) is 0. The summed E-state index contributed by atoms with van der Waals surface area (Å²) < 4.78 is 0. The van der Waals surface area contributed by atoms with E-state index in [0.29, 0.717) is 0 Å². The van der Waals surface area contributed by atoms with E-state index >= 15 is 0 Å². The number of nitrogens with one attached hydrogen (secondary N) is 5. The Morgan fingerprint density at radius 3 is 1.25 bits per heavy atom. The fourth-order valence-corrected chi connectivity index (χ4v) is 1.73. The molecule has 1 heterocycles. The van der Waals surface area contributed by atoms with Gasteiger partial charge in [0.05, 0.1) is 0 Å². The van der Waals surface area contributed by atoms with Gasteiger partial charge in [-0.05, 0) is 12.8 Å². The molecule has 0 atom stereocenters. The summed E-state index contributed by atoms with van der Waals surface area (Å²) in [5.74, 6) is 0. The minimum Gasteiger partial charge on any atom is -0.243 e. The first-order valence-electron chi connectivity index (χ1n) is 6.21. The molecular formula is C10H25FeN5+3. The maximum Gasteiger partial charge on any atom is 3.00 e. The van der Waals surface area contributed by atoms with Gasteiger partial charge in [-0.2, -0.15) is 16.6 Å². The zero-order chi connectivity index (χ0) is 10.6. The smallest absolute Gasteiger partial charge is 0.243 e. The molecule has 5 nitrogen and oxygen atoms in total. The Morgan fingerprint density at radius 2 is 0.812 bits per heavy atom. The van der Waals surface area contributed by atoms with Crippen molar-refractivity contribution in [3.63, 3.8) is 0 Å². The van der Waals surface area contributed by atoms with Crippen LogP contribution in [0.5, 0.6) is 0 Å². The van der Waals surface area contributed by atoms with Gasteiger partial charge in [-0.15, -0.1) is 0 Å². The van der Waals surface area contributed by atoms with Crippen molar-refractivity contribution in [2.45, 2.75) is 51.4 Å². The quantitative estimate of drug-likeness (QED) is 0.420. The molecular weight excluding hydrogens is 246 g/mol. The molecule has 1 aliphatic rings. The van der Waals surface area contributed by atoms with Crippen molar-refractivity contribution in [2.75, 3.05) is 13.1 Å². The predicted octanol–water partition coefficient (Wildman–Crippen LogP) is 0.726. The molecule has 16 heavy (non-hydrogen) atoms. The van der Waals surface area contributed by atoms with E-state index < -0.39 is 0 Å². The Balaban J connectivity index is 0.00000225. The normalized spacial score (nSPS) is 22.5. The fraction of sp³-hybridized carbons (Fsp3) is 1.00. The van der Waals surface area contributed by atoms with E-state index in [4.69, 9.17) is 0 Å². The van der Waals surface area contributed by atoms with Crippen LogP contribution >= 0.6 is 0 Å². The van der Waals surface area contributed by atoms with Crippen LogP contribution in [-0.2, 0) is 17.1 Å².